The van der Waals surface area contributed by atoms with Gasteiger partial charge in [0.05, 0.1) is 13.2 Å². The van der Waals surface area contributed by atoms with Gasteiger partial charge in [-0.25, -0.2) is 4.79 Å². The molecule has 1 amide bonds. The van der Waals surface area contributed by atoms with Gasteiger partial charge in [-0.1, -0.05) is 62.4 Å². The summed E-state index contributed by atoms with van der Waals surface area (Å²) < 4.78 is 10.6. The maximum Gasteiger partial charge on any atom is 0.341 e. The van der Waals surface area contributed by atoms with Crippen LogP contribution >= 0.6 is 0 Å². The van der Waals surface area contributed by atoms with Crippen molar-refractivity contribution in [3.05, 3.63) is 77.4 Å². The van der Waals surface area contributed by atoms with E-state index in [1.807, 2.05) is 43.3 Å². The van der Waals surface area contributed by atoms with Crippen molar-refractivity contribution in [3.8, 4) is 5.75 Å². The molecule has 0 spiro atoms. The number of ether oxygens (including phenoxy) is 2. The van der Waals surface area contributed by atoms with Crippen LogP contribution < -0.4 is 10.1 Å². The molecule has 3 aromatic carbocycles. The van der Waals surface area contributed by atoms with Gasteiger partial charge in [0.2, 0.25) is 0 Å². The zero-order chi connectivity index (χ0) is 22.4. The normalized spacial score (nSPS) is 11.9. The number of rotatable bonds is 8. The summed E-state index contributed by atoms with van der Waals surface area (Å²) in [5.74, 6) is 0.162. The summed E-state index contributed by atoms with van der Waals surface area (Å²) in [6, 6.07) is 19.3. The first-order chi connectivity index (χ1) is 14.9. The zero-order valence-corrected chi connectivity index (χ0v) is 18.5. The van der Waals surface area contributed by atoms with Crippen LogP contribution in [0.15, 0.2) is 60.7 Å². The van der Waals surface area contributed by atoms with E-state index < -0.39 is 5.97 Å². The van der Waals surface area contributed by atoms with E-state index in [0.29, 0.717) is 17.2 Å². The first kappa shape index (κ1) is 22.3. The predicted molar refractivity (Wildman–Crippen MR) is 122 cm³/mol. The van der Waals surface area contributed by atoms with Crippen LogP contribution in [0.2, 0.25) is 0 Å². The lowest BCUT2D eigenvalue weighted by molar-refractivity contribution is -0.123. The summed E-state index contributed by atoms with van der Waals surface area (Å²) in [4.78, 5) is 24.7. The topological polar surface area (TPSA) is 64.6 Å². The number of fused-ring (bicyclic) bond motifs is 1. The molecule has 0 unspecified atom stereocenters. The molecule has 0 fully saturated rings. The van der Waals surface area contributed by atoms with E-state index in [2.05, 4.69) is 31.3 Å². The molecule has 0 saturated heterocycles. The molecule has 0 saturated carbocycles. The first-order valence-corrected chi connectivity index (χ1v) is 10.5. The second-order valence-corrected chi connectivity index (χ2v) is 8.10. The van der Waals surface area contributed by atoms with E-state index in [1.54, 1.807) is 12.1 Å². The molecule has 0 aliphatic rings. The van der Waals surface area contributed by atoms with Gasteiger partial charge in [0.1, 0.15) is 11.3 Å². The highest BCUT2D eigenvalue weighted by Gasteiger charge is 2.17. The highest BCUT2D eigenvalue weighted by Crippen LogP contribution is 2.27. The van der Waals surface area contributed by atoms with Crippen LogP contribution in [0.25, 0.3) is 10.8 Å². The van der Waals surface area contributed by atoms with Crippen LogP contribution in [0.5, 0.6) is 5.75 Å². The van der Waals surface area contributed by atoms with Crippen LogP contribution in [0.3, 0.4) is 0 Å². The van der Waals surface area contributed by atoms with Crippen LogP contribution in [-0.2, 0) is 16.0 Å². The number of nitrogens with one attached hydrogen (secondary N) is 1. The molecule has 3 rings (SSSR count). The summed E-state index contributed by atoms with van der Waals surface area (Å²) in [6.07, 6.45) is 1.03. The molecule has 1 N–H and O–H groups in total. The summed E-state index contributed by atoms with van der Waals surface area (Å²) in [5, 5.41) is 4.76. The summed E-state index contributed by atoms with van der Waals surface area (Å²) in [5.41, 5.74) is 2.61. The lowest BCUT2D eigenvalue weighted by Gasteiger charge is -2.16. The number of benzene rings is 3. The monoisotopic (exact) mass is 419 g/mol. The van der Waals surface area contributed by atoms with E-state index in [1.165, 1.54) is 12.7 Å². The molecule has 3 aromatic rings. The summed E-state index contributed by atoms with van der Waals surface area (Å²) >= 11 is 0. The van der Waals surface area contributed by atoms with Crippen molar-refractivity contribution in [3.63, 3.8) is 0 Å². The highest BCUT2D eigenvalue weighted by molar-refractivity contribution is 5.98. The van der Waals surface area contributed by atoms with Crippen molar-refractivity contribution in [2.45, 2.75) is 33.2 Å². The highest BCUT2D eigenvalue weighted by atomic mass is 16.5. The molecule has 0 bridgehead atoms. The van der Waals surface area contributed by atoms with Crippen molar-refractivity contribution in [2.24, 2.45) is 5.92 Å². The van der Waals surface area contributed by atoms with Crippen LogP contribution in [0.1, 0.15) is 48.3 Å². The lowest BCUT2D eigenvalue weighted by atomic mass is 10.00. The van der Waals surface area contributed by atoms with Gasteiger partial charge in [-0.15, -0.1) is 0 Å². The smallest absolute Gasteiger partial charge is 0.341 e. The van der Waals surface area contributed by atoms with Gasteiger partial charge >= 0.3 is 5.97 Å². The number of esters is 1. The van der Waals surface area contributed by atoms with E-state index in [9.17, 15) is 9.59 Å². The zero-order valence-electron chi connectivity index (χ0n) is 18.5. The fourth-order valence-corrected chi connectivity index (χ4v) is 3.53. The van der Waals surface area contributed by atoms with E-state index in [0.717, 1.165) is 22.8 Å². The largest absolute Gasteiger partial charge is 0.483 e. The van der Waals surface area contributed by atoms with E-state index >= 15 is 0 Å². The van der Waals surface area contributed by atoms with Crippen molar-refractivity contribution in [1.82, 2.24) is 5.32 Å². The Labute approximate surface area is 183 Å². The molecule has 162 valence electrons. The number of amides is 1. The fourth-order valence-electron chi connectivity index (χ4n) is 3.53. The number of carbonyl (C=O) groups excluding carboxylic acids is 2. The molecule has 0 radical (unpaired) electrons. The van der Waals surface area contributed by atoms with E-state index in [4.69, 9.17) is 9.47 Å². The Kier molecular flexibility index (Phi) is 7.29. The maximum atomic E-state index is 12.5. The molecule has 0 heterocycles. The molecule has 1 atom stereocenters. The fraction of sp³-hybridized carbons (Fsp3) is 0.308. The van der Waals surface area contributed by atoms with E-state index in [-0.39, 0.29) is 18.6 Å². The maximum absolute atomic E-state index is 12.5. The van der Waals surface area contributed by atoms with Gasteiger partial charge in [-0.2, -0.15) is 0 Å². The minimum atomic E-state index is -0.504. The van der Waals surface area contributed by atoms with Crippen LogP contribution in [0, 0.1) is 5.92 Å². The molecule has 0 aliphatic heterocycles. The van der Waals surface area contributed by atoms with Crippen molar-refractivity contribution in [2.75, 3.05) is 13.7 Å². The molecular formula is C26H29NO4. The Morgan fingerprint density at radius 1 is 0.935 bits per heavy atom. The minimum Gasteiger partial charge on any atom is -0.483 e. The van der Waals surface area contributed by atoms with Gasteiger partial charge in [0, 0.05) is 0 Å². The third kappa shape index (κ3) is 5.85. The quantitative estimate of drug-likeness (QED) is 0.517. The van der Waals surface area contributed by atoms with Gasteiger partial charge < -0.3 is 14.8 Å². The SMILES string of the molecule is COC(=O)c1cc2ccccc2cc1OCC(=O)N[C@H](C)c1ccc(CC(C)C)cc1. The van der Waals surface area contributed by atoms with Crippen LogP contribution in [-0.4, -0.2) is 25.6 Å². The molecule has 0 aromatic heterocycles. The van der Waals surface area contributed by atoms with Gasteiger partial charge in [-0.3, -0.25) is 4.79 Å². The molecular weight excluding hydrogens is 390 g/mol. The first-order valence-electron chi connectivity index (χ1n) is 10.5. The van der Waals surface area contributed by atoms with Gasteiger partial charge in [-0.05, 0) is 53.3 Å². The van der Waals surface area contributed by atoms with Crippen molar-refractivity contribution < 1.29 is 19.1 Å². The number of hydrogen-bond acceptors (Lipinski definition) is 4. The second kappa shape index (κ2) is 10.1. The molecule has 5 nitrogen and oxygen atoms in total. The third-order valence-electron chi connectivity index (χ3n) is 5.11. The molecule has 31 heavy (non-hydrogen) atoms. The standard InChI is InChI=1S/C26H29NO4/c1-17(2)13-19-9-11-20(12-10-19)18(3)27-25(28)16-31-24-15-22-8-6-5-7-21(22)14-23(24)26(29)30-4/h5-12,14-15,17-18H,13,16H2,1-4H3,(H,27,28)/t18-/m1/s1. The second-order valence-electron chi connectivity index (χ2n) is 8.10. The van der Waals surface area contributed by atoms with Crippen molar-refractivity contribution in [1.29, 1.82) is 0 Å². The Hall–Kier alpha value is -3.34. The lowest BCUT2D eigenvalue weighted by Crippen LogP contribution is -2.31. The Balaban J connectivity index is 1.66. The predicted octanol–water partition coefficient (Wildman–Crippen LogP) is 5.08. The third-order valence-corrected chi connectivity index (χ3v) is 5.11. The minimum absolute atomic E-state index is 0.152. The molecule has 0 aliphatic carbocycles. The summed E-state index contributed by atoms with van der Waals surface area (Å²) in [6.45, 7) is 6.12. The number of hydrogen-bond donors (Lipinski definition) is 1. The van der Waals surface area contributed by atoms with Crippen LogP contribution in [0.4, 0.5) is 0 Å². The average Bonchev–Trinajstić information content (AvgIpc) is 2.76. The van der Waals surface area contributed by atoms with Gasteiger partial charge in [0.25, 0.3) is 5.91 Å². The summed E-state index contributed by atoms with van der Waals surface area (Å²) in [7, 11) is 1.32. The Morgan fingerprint density at radius 2 is 1.58 bits per heavy atom. The number of carbonyl (C=O) groups is 2. The Bertz CT molecular complexity index is 1060. The van der Waals surface area contributed by atoms with Gasteiger partial charge in [0.15, 0.2) is 6.61 Å². The molecule has 5 heteroatoms. The van der Waals surface area contributed by atoms with Crippen molar-refractivity contribution >= 4 is 22.6 Å². The Morgan fingerprint density at radius 3 is 2.19 bits per heavy atom. The average molecular weight is 420 g/mol. The number of methoxy groups -OCH3 is 1.